The van der Waals surface area contributed by atoms with Gasteiger partial charge in [-0.1, -0.05) is 23.4 Å². The predicted molar refractivity (Wildman–Crippen MR) is 119 cm³/mol. The summed E-state index contributed by atoms with van der Waals surface area (Å²) in [5.74, 6) is 0.328. The molecule has 0 bridgehead atoms. The van der Waals surface area contributed by atoms with Gasteiger partial charge in [0.1, 0.15) is 0 Å². The van der Waals surface area contributed by atoms with E-state index in [4.69, 9.17) is 11.6 Å². The number of carbonyl (C=O) groups is 1. The van der Waals surface area contributed by atoms with Gasteiger partial charge in [0.25, 0.3) is 0 Å². The van der Waals surface area contributed by atoms with E-state index in [1.807, 2.05) is 42.6 Å². The van der Waals surface area contributed by atoms with Gasteiger partial charge in [0, 0.05) is 16.4 Å². The highest BCUT2D eigenvalue weighted by Gasteiger charge is 2.30. The Hall–Kier alpha value is -2.56. The summed E-state index contributed by atoms with van der Waals surface area (Å²) in [6.45, 7) is 1.99. The Morgan fingerprint density at radius 3 is 2.31 bits per heavy atom. The summed E-state index contributed by atoms with van der Waals surface area (Å²) >= 11 is 7.19. The Kier molecular flexibility index (Phi) is 7.47. The molecule has 1 heterocycles. The van der Waals surface area contributed by atoms with Crippen molar-refractivity contribution in [3.05, 3.63) is 64.9 Å². The highest BCUT2D eigenvalue weighted by Crippen LogP contribution is 2.30. The molecule has 6 nitrogen and oxygen atoms in total. The lowest BCUT2D eigenvalue weighted by atomic mass is 10.2. The topological polar surface area (TPSA) is 63.1 Å². The van der Waals surface area contributed by atoms with E-state index in [-0.39, 0.29) is 23.4 Å². The van der Waals surface area contributed by atoms with Crippen LogP contribution in [0.1, 0.15) is 24.4 Å². The first kappa shape index (κ1) is 24.1. The third kappa shape index (κ3) is 5.81. The third-order valence-corrected chi connectivity index (χ3v) is 5.90. The second-order valence-electron chi connectivity index (χ2n) is 7.20. The molecule has 0 aliphatic carbocycles. The van der Waals surface area contributed by atoms with Crippen molar-refractivity contribution in [2.75, 3.05) is 25.2 Å². The van der Waals surface area contributed by atoms with E-state index in [1.165, 1.54) is 23.9 Å². The minimum absolute atomic E-state index is 0.00307. The monoisotopic (exact) mass is 483 g/mol. The Morgan fingerprint density at radius 1 is 1.12 bits per heavy atom. The standard InChI is InChI=1S/C21H21ClF3N5OS/c1-13(29(2)3)19-27-28-20(30(19)17-10-6-15(22)7-11-17)32-12-18(31)26-16-8-4-14(5-9-16)21(23,24)25/h4-11,13H,12H2,1-3H3,(H,26,31). The van der Waals surface area contributed by atoms with Crippen molar-refractivity contribution in [3.8, 4) is 5.69 Å². The molecule has 2 aromatic carbocycles. The van der Waals surface area contributed by atoms with Gasteiger partial charge >= 0.3 is 6.18 Å². The van der Waals surface area contributed by atoms with Gasteiger partial charge in [-0.25, -0.2) is 0 Å². The highest BCUT2D eigenvalue weighted by molar-refractivity contribution is 7.99. The van der Waals surface area contributed by atoms with Crippen LogP contribution in [0.5, 0.6) is 0 Å². The average Bonchev–Trinajstić information content (AvgIpc) is 3.15. The number of nitrogens with one attached hydrogen (secondary N) is 1. The Morgan fingerprint density at radius 2 is 1.75 bits per heavy atom. The molecule has 0 radical (unpaired) electrons. The molecule has 0 aliphatic heterocycles. The second kappa shape index (κ2) is 9.93. The number of halogens is 4. The van der Waals surface area contributed by atoms with Crippen LogP contribution in [0.3, 0.4) is 0 Å². The number of carbonyl (C=O) groups excluding carboxylic acids is 1. The molecule has 3 aromatic rings. The van der Waals surface area contributed by atoms with Crippen molar-refractivity contribution in [3.63, 3.8) is 0 Å². The quantitative estimate of drug-likeness (QED) is 0.462. The van der Waals surface area contributed by atoms with Crippen LogP contribution in [0.4, 0.5) is 18.9 Å². The summed E-state index contributed by atoms with van der Waals surface area (Å²) in [6.07, 6.45) is -4.43. The first-order valence-electron chi connectivity index (χ1n) is 9.54. The van der Waals surface area contributed by atoms with Crippen LogP contribution in [-0.4, -0.2) is 45.4 Å². The van der Waals surface area contributed by atoms with E-state index in [0.29, 0.717) is 16.0 Å². The lowest BCUT2D eigenvalue weighted by Crippen LogP contribution is -2.21. The molecule has 0 saturated heterocycles. The molecular formula is C21H21ClF3N5OS. The summed E-state index contributed by atoms with van der Waals surface area (Å²) in [7, 11) is 3.85. The van der Waals surface area contributed by atoms with Gasteiger partial charge in [-0.15, -0.1) is 10.2 Å². The van der Waals surface area contributed by atoms with Crippen LogP contribution >= 0.6 is 23.4 Å². The fourth-order valence-corrected chi connectivity index (χ4v) is 3.66. The van der Waals surface area contributed by atoms with Gasteiger partial charge in [-0.2, -0.15) is 13.2 Å². The lowest BCUT2D eigenvalue weighted by molar-refractivity contribution is -0.137. The minimum atomic E-state index is -4.43. The maximum atomic E-state index is 12.7. The smallest absolute Gasteiger partial charge is 0.325 e. The zero-order valence-corrected chi connectivity index (χ0v) is 19.1. The fourth-order valence-electron chi connectivity index (χ4n) is 2.78. The van der Waals surface area contributed by atoms with E-state index < -0.39 is 11.7 Å². The normalized spacial score (nSPS) is 12.8. The van der Waals surface area contributed by atoms with Crippen LogP contribution in [0, 0.1) is 0 Å². The van der Waals surface area contributed by atoms with Crippen molar-refractivity contribution >= 4 is 35.0 Å². The molecule has 0 fully saturated rings. The van der Waals surface area contributed by atoms with Crippen molar-refractivity contribution in [2.45, 2.75) is 24.3 Å². The van der Waals surface area contributed by atoms with Crippen molar-refractivity contribution in [1.82, 2.24) is 19.7 Å². The molecular weight excluding hydrogens is 463 g/mol. The Labute approximate surface area is 192 Å². The maximum absolute atomic E-state index is 12.7. The molecule has 1 unspecified atom stereocenters. The zero-order chi connectivity index (χ0) is 23.5. The zero-order valence-electron chi connectivity index (χ0n) is 17.5. The largest absolute Gasteiger partial charge is 0.416 e. The fraction of sp³-hybridized carbons (Fsp3) is 0.286. The highest BCUT2D eigenvalue weighted by atomic mass is 35.5. The van der Waals surface area contributed by atoms with Crippen LogP contribution < -0.4 is 5.32 Å². The molecule has 11 heteroatoms. The van der Waals surface area contributed by atoms with Crippen molar-refractivity contribution in [2.24, 2.45) is 0 Å². The average molecular weight is 484 g/mol. The van der Waals surface area contributed by atoms with Crippen LogP contribution in [0.15, 0.2) is 53.7 Å². The molecule has 32 heavy (non-hydrogen) atoms. The summed E-state index contributed by atoms with van der Waals surface area (Å²) in [5.41, 5.74) is 0.307. The van der Waals surface area contributed by atoms with Crippen LogP contribution in [-0.2, 0) is 11.0 Å². The molecule has 1 N–H and O–H groups in total. The van der Waals surface area contributed by atoms with E-state index in [2.05, 4.69) is 15.5 Å². The van der Waals surface area contributed by atoms with Gasteiger partial charge in [0.2, 0.25) is 5.91 Å². The molecule has 1 atom stereocenters. The minimum Gasteiger partial charge on any atom is -0.325 e. The van der Waals surface area contributed by atoms with Crippen LogP contribution in [0.2, 0.25) is 5.02 Å². The molecule has 0 saturated carbocycles. The van der Waals surface area contributed by atoms with Gasteiger partial charge < -0.3 is 5.32 Å². The number of anilines is 1. The third-order valence-electron chi connectivity index (χ3n) is 4.72. The number of thioether (sulfide) groups is 1. The SMILES string of the molecule is CC(c1nnc(SCC(=O)Nc2ccc(C(F)(F)F)cc2)n1-c1ccc(Cl)cc1)N(C)C. The molecule has 1 aromatic heterocycles. The molecule has 0 spiro atoms. The number of amides is 1. The lowest BCUT2D eigenvalue weighted by Gasteiger charge is -2.20. The number of rotatable bonds is 7. The van der Waals surface area contributed by atoms with E-state index in [1.54, 1.807) is 12.1 Å². The van der Waals surface area contributed by atoms with Gasteiger partial charge in [-0.3, -0.25) is 14.3 Å². The van der Waals surface area contributed by atoms with Gasteiger partial charge in [-0.05, 0) is 69.6 Å². The number of aromatic nitrogens is 3. The Bertz CT molecular complexity index is 1070. The summed E-state index contributed by atoms with van der Waals surface area (Å²) in [4.78, 5) is 14.4. The van der Waals surface area contributed by atoms with Crippen molar-refractivity contribution in [1.29, 1.82) is 0 Å². The number of alkyl halides is 3. The first-order chi connectivity index (χ1) is 15.1. The molecule has 3 rings (SSSR count). The molecule has 170 valence electrons. The Balaban J connectivity index is 1.75. The van der Waals surface area contributed by atoms with E-state index in [9.17, 15) is 18.0 Å². The predicted octanol–water partition coefficient (Wildman–Crippen LogP) is 5.29. The number of nitrogens with zero attached hydrogens (tertiary/aromatic N) is 4. The van der Waals surface area contributed by atoms with Gasteiger partial charge in [0.15, 0.2) is 11.0 Å². The van der Waals surface area contributed by atoms with E-state index >= 15 is 0 Å². The number of hydrogen-bond acceptors (Lipinski definition) is 5. The molecule has 0 aliphatic rings. The maximum Gasteiger partial charge on any atom is 0.416 e. The summed E-state index contributed by atoms with van der Waals surface area (Å²) in [6, 6.07) is 11.4. The van der Waals surface area contributed by atoms with Gasteiger partial charge in [0.05, 0.1) is 17.4 Å². The summed E-state index contributed by atoms with van der Waals surface area (Å²) in [5, 5.41) is 12.3. The summed E-state index contributed by atoms with van der Waals surface area (Å²) < 4.78 is 39.9. The van der Waals surface area contributed by atoms with Crippen LogP contribution in [0.25, 0.3) is 5.69 Å². The molecule has 1 amide bonds. The second-order valence-corrected chi connectivity index (χ2v) is 8.58. The van der Waals surface area contributed by atoms with E-state index in [0.717, 1.165) is 17.8 Å². The number of hydrogen-bond donors (Lipinski definition) is 1. The number of benzene rings is 2. The van der Waals surface area contributed by atoms with Crippen molar-refractivity contribution < 1.29 is 18.0 Å². The first-order valence-corrected chi connectivity index (χ1v) is 10.9.